The van der Waals surface area contributed by atoms with Crippen molar-refractivity contribution in [3.63, 3.8) is 0 Å². The summed E-state index contributed by atoms with van der Waals surface area (Å²) in [6, 6.07) is 17.0. The molecule has 1 aromatic heterocycles. The smallest absolute Gasteiger partial charge is 0.257 e. The predicted molar refractivity (Wildman–Crippen MR) is 129 cm³/mol. The minimum atomic E-state index is -1.12. The molecule has 0 spiro atoms. The molecule has 9 heteroatoms. The molecular formula is C26H23FN4O3S. The lowest BCUT2D eigenvalue weighted by Gasteiger charge is -2.48. The molecule has 2 aromatic carbocycles. The van der Waals surface area contributed by atoms with Crippen molar-refractivity contribution in [1.82, 2.24) is 10.5 Å². The van der Waals surface area contributed by atoms with Crippen LogP contribution in [-0.2, 0) is 10.3 Å². The highest BCUT2D eigenvalue weighted by Gasteiger charge is 2.53. The summed E-state index contributed by atoms with van der Waals surface area (Å²) in [6.45, 7) is 3.94. The molecule has 4 atom stereocenters. The summed E-state index contributed by atoms with van der Waals surface area (Å²) in [6.07, 6.45) is 0.165. The fourth-order valence-corrected chi connectivity index (χ4v) is 6.02. The number of carbonyl (C=O) groups is 1. The van der Waals surface area contributed by atoms with Gasteiger partial charge in [-0.15, -0.1) is 0 Å². The van der Waals surface area contributed by atoms with Gasteiger partial charge in [-0.25, -0.2) is 9.38 Å². The lowest BCUT2D eigenvalue weighted by atomic mass is 9.72. The molecule has 0 saturated carbocycles. The quantitative estimate of drug-likeness (QED) is 0.561. The Morgan fingerprint density at radius 3 is 2.77 bits per heavy atom. The van der Waals surface area contributed by atoms with Gasteiger partial charge in [0.1, 0.15) is 17.5 Å². The Morgan fingerprint density at radius 1 is 1.26 bits per heavy atom. The second-order valence-corrected chi connectivity index (χ2v) is 10.2. The van der Waals surface area contributed by atoms with Crippen LogP contribution in [0, 0.1) is 30.0 Å². The van der Waals surface area contributed by atoms with Crippen molar-refractivity contribution in [3.05, 3.63) is 88.6 Å². The third-order valence-electron chi connectivity index (χ3n) is 6.53. The maximum absolute atomic E-state index is 15.3. The summed E-state index contributed by atoms with van der Waals surface area (Å²) >= 11 is 1.44. The van der Waals surface area contributed by atoms with E-state index in [2.05, 4.69) is 16.5 Å². The Balaban J connectivity index is 1.56. The van der Waals surface area contributed by atoms with Crippen LogP contribution in [0.3, 0.4) is 0 Å². The summed E-state index contributed by atoms with van der Waals surface area (Å²) in [4.78, 5) is 17.8. The van der Waals surface area contributed by atoms with E-state index < -0.39 is 11.4 Å². The zero-order valence-corrected chi connectivity index (χ0v) is 20.0. The van der Waals surface area contributed by atoms with Crippen LogP contribution in [0.2, 0.25) is 0 Å². The molecule has 2 aliphatic rings. The molecule has 7 nitrogen and oxygen atoms in total. The van der Waals surface area contributed by atoms with Gasteiger partial charge in [-0.2, -0.15) is 5.26 Å². The first kappa shape index (κ1) is 23.3. The van der Waals surface area contributed by atoms with Crippen LogP contribution in [-0.4, -0.2) is 28.1 Å². The Kier molecular flexibility index (Phi) is 6.17. The number of benzene rings is 2. The van der Waals surface area contributed by atoms with E-state index in [0.717, 1.165) is 5.69 Å². The monoisotopic (exact) mass is 490 g/mol. The van der Waals surface area contributed by atoms with Gasteiger partial charge in [-0.05, 0) is 43.7 Å². The molecule has 1 amide bonds. The lowest BCUT2D eigenvalue weighted by molar-refractivity contribution is -0.0745. The minimum absolute atomic E-state index is 0.0425. The minimum Gasteiger partial charge on any atom is -0.367 e. The number of hydrogen-bond donors (Lipinski definition) is 1. The molecule has 3 heterocycles. The van der Waals surface area contributed by atoms with Crippen molar-refractivity contribution in [2.24, 2.45) is 10.9 Å². The van der Waals surface area contributed by atoms with Gasteiger partial charge in [0.25, 0.3) is 5.91 Å². The number of amides is 1. The first-order chi connectivity index (χ1) is 16.9. The van der Waals surface area contributed by atoms with Crippen LogP contribution < -0.4 is 5.32 Å². The highest BCUT2D eigenvalue weighted by molar-refractivity contribution is 8.14. The van der Waals surface area contributed by atoms with Gasteiger partial charge in [0.05, 0.1) is 23.9 Å². The molecule has 1 N–H and O–H groups in total. The standard InChI is InChI=1S/C26H23FN4O3S/c1-15-10-23(34-31-15)22-12-19-16(2)35-25(29-24(32)18-6-4-3-5-7-18)30-26(19,14-33-22)20-11-17(13-28)8-9-21(20)27/h3-11,16,19,22H,12,14H2,1-2H3,(H,29,30,32). The van der Waals surface area contributed by atoms with E-state index in [1.165, 1.54) is 30.0 Å². The van der Waals surface area contributed by atoms with Crippen molar-refractivity contribution in [3.8, 4) is 6.07 Å². The van der Waals surface area contributed by atoms with Gasteiger partial charge in [0.15, 0.2) is 10.9 Å². The number of rotatable bonds is 3. The molecule has 4 unspecified atom stereocenters. The van der Waals surface area contributed by atoms with Gasteiger partial charge in [0, 0.05) is 28.4 Å². The molecule has 3 aromatic rings. The van der Waals surface area contributed by atoms with E-state index in [9.17, 15) is 10.1 Å². The van der Waals surface area contributed by atoms with Gasteiger partial charge in [-0.1, -0.05) is 42.0 Å². The van der Waals surface area contributed by atoms with Crippen molar-refractivity contribution in [2.45, 2.75) is 37.2 Å². The highest BCUT2D eigenvalue weighted by atomic mass is 32.2. The van der Waals surface area contributed by atoms with Crippen LogP contribution in [0.5, 0.6) is 0 Å². The number of carbonyl (C=O) groups excluding carboxylic acids is 1. The Hall–Kier alpha value is -3.48. The molecule has 178 valence electrons. The summed E-state index contributed by atoms with van der Waals surface area (Å²) < 4.78 is 27.0. The molecule has 0 aliphatic carbocycles. The Bertz CT molecular complexity index is 1340. The average molecular weight is 491 g/mol. The fourth-order valence-electron chi connectivity index (χ4n) is 4.80. The number of amidine groups is 1. The zero-order valence-electron chi connectivity index (χ0n) is 19.2. The largest absolute Gasteiger partial charge is 0.367 e. The lowest BCUT2D eigenvalue weighted by Crippen LogP contribution is -2.52. The van der Waals surface area contributed by atoms with Crippen molar-refractivity contribution < 1.29 is 18.4 Å². The van der Waals surface area contributed by atoms with E-state index in [4.69, 9.17) is 14.3 Å². The molecule has 1 fully saturated rings. The van der Waals surface area contributed by atoms with Crippen LogP contribution in [0.25, 0.3) is 0 Å². The highest BCUT2D eigenvalue weighted by Crippen LogP contribution is 2.52. The van der Waals surface area contributed by atoms with E-state index in [-0.39, 0.29) is 35.3 Å². The van der Waals surface area contributed by atoms with Crippen molar-refractivity contribution in [2.75, 3.05) is 6.61 Å². The number of aryl methyl sites for hydroxylation is 1. The Labute approximate surface area is 206 Å². The van der Waals surface area contributed by atoms with E-state index >= 15 is 4.39 Å². The maximum atomic E-state index is 15.3. The van der Waals surface area contributed by atoms with Crippen LogP contribution in [0.1, 0.15) is 52.4 Å². The predicted octanol–water partition coefficient (Wildman–Crippen LogP) is 4.89. The number of aliphatic imine (C=N–C) groups is 1. The number of thioether (sulfide) groups is 1. The number of hydrogen-bond acceptors (Lipinski definition) is 7. The van der Waals surface area contributed by atoms with Gasteiger partial charge in [0.2, 0.25) is 0 Å². The van der Waals surface area contributed by atoms with Crippen LogP contribution in [0.15, 0.2) is 64.1 Å². The molecule has 1 saturated heterocycles. The van der Waals surface area contributed by atoms with Gasteiger partial charge < -0.3 is 14.6 Å². The molecule has 0 radical (unpaired) electrons. The first-order valence-corrected chi connectivity index (χ1v) is 12.2. The number of ether oxygens (including phenoxy) is 1. The van der Waals surface area contributed by atoms with Gasteiger partial charge >= 0.3 is 0 Å². The number of halogens is 1. The zero-order chi connectivity index (χ0) is 24.6. The number of aromatic nitrogens is 1. The second-order valence-electron chi connectivity index (χ2n) is 8.80. The third kappa shape index (κ3) is 4.35. The average Bonchev–Trinajstić information content (AvgIpc) is 3.30. The summed E-state index contributed by atoms with van der Waals surface area (Å²) in [7, 11) is 0. The maximum Gasteiger partial charge on any atom is 0.257 e. The topological polar surface area (TPSA) is 101 Å². The normalized spacial score (nSPS) is 25.8. The van der Waals surface area contributed by atoms with Crippen molar-refractivity contribution >= 4 is 22.8 Å². The number of nitrogens with one attached hydrogen (secondary N) is 1. The van der Waals surface area contributed by atoms with E-state index in [1.54, 1.807) is 24.3 Å². The van der Waals surface area contributed by atoms with Crippen molar-refractivity contribution in [1.29, 1.82) is 5.26 Å². The molecular weight excluding hydrogens is 467 g/mol. The van der Waals surface area contributed by atoms with E-state index in [0.29, 0.717) is 28.5 Å². The number of fused-ring (bicyclic) bond motifs is 1. The first-order valence-electron chi connectivity index (χ1n) is 11.3. The summed E-state index contributed by atoms with van der Waals surface area (Å²) in [5.74, 6) is -0.303. The third-order valence-corrected chi connectivity index (χ3v) is 7.65. The van der Waals surface area contributed by atoms with Gasteiger partial charge in [-0.3, -0.25) is 4.79 Å². The van der Waals surface area contributed by atoms with Crippen LogP contribution >= 0.6 is 11.8 Å². The number of nitrogens with zero attached hydrogens (tertiary/aromatic N) is 3. The molecule has 0 bridgehead atoms. The molecule has 2 aliphatic heterocycles. The van der Waals surface area contributed by atoms with E-state index in [1.807, 2.05) is 26.0 Å². The SMILES string of the molecule is Cc1cc(C2CC3C(C)SC(NC(=O)c4ccccc4)=NC3(c3cc(C#N)ccc3F)CO2)on1. The second kappa shape index (κ2) is 9.29. The Morgan fingerprint density at radius 2 is 2.06 bits per heavy atom. The molecule has 35 heavy (non-hydrogen) atoms. The van der Waals surface area contributed by atoms with Crippen LogP contribution in [0.4, 0.5) is 4.39 Å². The fraction of sp³-hybridized carbons (Fsp3) is 0.308. The molecule has 5 rings (SSSR count). The number of nitriles is 1. The summed E-state index contributed by atoms with van der Waals surface area (Å²) in [5, 5.41) is 16.7. The summed E-state index contributed by atoms with van der Waals surface area (Å²) in [5.41, 5.74) is 0.749.